The lowest BCUT2D eigenvalue weighted by molar-refractivity contribution is 0.173. The quantitative estimate of drug-likeness (QED) is 0.722. The molecule has 0 saturated carbocycles. The highest BCUT2D eigenvalue weighted by atomic mass is 16.7. The van der Waals surface area contributed by atoms with Crippen LogP contribution in [0, 0.1) is 0 Å². The number of hydrogen-bond acceptors (Lipinski definition) is 6. The predicted molar refractivity (Wildman–Crippen MR) is 85.2 cm³/mol. The Bertz CT molecular complexity index is 869. The van der Waals surface area contributed by atoms with Crippen molar-refractivity contribution in [1.29, 1.82) is 0 Å². The minimum absolute atomic E-state index is 0.247. The Kier molecular flexibility index (Phi) is 2.82. The van der Waals surface area contributed by atoms with Gasteiger partial charge in [0.2, 0.25) is 13.6 Å². The van der Waals surface area contributed by atoms with E-state index in [-0.39, 0.29) is 13.6 Å². The first-order valence-electron chi connectivity index (χ1n) is 7.50. The fourth-order valence-electron chi connectivity index (χ4n) is 2.75. The van der Waals surface area contributed by atoms with Crippen molar-refractivity contribution in [2.45, 2.75) is 0 Å². The highest BCUT2D eigenvalue weighted by Crippen LogP contribution is 2.37. The lowest BCUT2D eigenvalue weighted by Gasteiger charge is -2.06. The van der Waals surface area contributed by atoms with Crippen LogP contribution >= 0.6 is 0 Å². The van der Waals surface area contributed by atoms with Gasteiger partial charge in [0.25, 0.3) is 0 Å². The van der Waals surface area contributed by atoms with E-state index in [4.69, 9.17) is 18.9 Å². The zero-order valence-electron chi connectivity index (χ0n) is 12.6. The van der Waals surface area contributed by atoms with Crippen molar-refractivity contribution in [2.24, 2.45) is 0 Å². The van der Waals surface area contributed by atoms with Gasteiger partial charge in [-0.2, -0.15) is 0 Å². The maximum atomic E-state index is 5.43. The van der Waals surface area contributed by atoms with Gasteiger partial charge in [0.05, 0.1) is 5.69 Å². The predicted octanol–water partition coefficient (Wildman–Crippen LogP) is 3.27. The zero-order chi connectivity index (χ0) is 15.9. The Morgan fingerprint density at radius 2 is 1.29 bits per heavy atom. The third-order valence-corrected chi connectivity index (χ3v) is 3.95. The standard InChI is InChI=1S/C18H12N2O4/c1-3-14-16(23-9-21-14)7-11(1)13-5-6-19-18(20-13)12-2-4-15-17(8-12)24-10-22-15/h1-8H,9-10H2. The molecule has 0 bridgehead atoms. The number of hydrogen-bond donors (Lipinski definition) is 0. The van der Waals surface area contributed by atoms with Crippen molar-refractivity contribution in [2.75, 3.05) is 13.6 Å². The van der Waals surface area contributed by atoms with Gasteiger partial charge in [-0.05, 0) is 42.5 Å². The van der Waals surface area contributed by atoms with E-state index in [9.17, 15) is 0 Å². The molecule has 0 unspecified atom stereocenters. The molecule has 0 saturated heterocycles. The van der Waals surface area contributed by atoms with Crippen LogP contribution in [0.3, 0.4) is 0 Å². The molecule has 3 heterocycles. The first-order valence-corrected chi connectivity index (χ1v) is 7.50. The van der Waals surface area contributed by atoms with Crippen molar-refractivity contribution in [1.82, 2.24) is 9.97 Å². The van der Waals surface area contributed by atoms with E-state index in [1.165, 1.54) is 0 Å². The van der Waals surface area contributed by atoms with E-state index in [0.717, 1.165) is 34.1 Å². The van der Waals surface area contributed by atoms with Gasteiger partial charge in [0.1, 0.15) is 0 Å². The molecule has 0 amide bonds. The molecule has 2 aliphatic heterocycles. The Hall–Kier alpha value is -3.28. The second-order valence-electron chi connectivity index (χ2n) is 5.40. The molecule has 24 heavy (non-hydrogen) atoms. The average Bonchev–Trinajstić information content (AvgIpc) is 3.29. The summed E-state index contributed by atoms with van der Waals surface area (Å²) in [6, 6.07) is 13.3. The van der Waals surface area contributed by atoms with Crippen LogP contribution in [0.1, 0.15) is 0 Å². The molecule has 5 rings (SSSR count). The van der Waals surface area contributed by atoms with Gasteiger partial charge >= 0.3 is 0 Å². The van der Waals surface area contributed by atoms with Gasteiger partial charge in [-0.3, -0.25) is 0 Å². The molecule has 0 aliphatic carbocycles. The highest BCUT2D eigenvalue weighted by molar-refractivity contribution is 5.68. The fraction of sp³-hybridized carbons (Fsp3) is 0.111. The van der Waals surface area contributed by atoms with Crippen LogP contribution < -0.4 is 18.9 Å². The summed E-state index contributed by atoms with van der Waals surface area (Å²) in [5.74, 6) is 3.57. The van der Waals surface area contributed by atoms with Crippen LogP contribution in [0.25, 0.3) is 22.6 Å². The molecule has 0 N–H and O–H groups in total. The number of rotatable bonds is 2. The summed E-state index contributed by atoms with van der Waals surface area (Å²) >= 11 is 0. The second kappa shape index (κ2) is 5.13. The summed E-state index contributed by atoms with van der Waals surface area (Å²) < 4.78 is 21.5. The SMILES string of the molecule is c1cc(-c2ccc3c(c2)OCO3)nc(-c2ccc3c(c2)OCO3)n1. The van der Waals surface area contributed by atoms with Crippen molar-refractivity contribution < 1.29 is 18.9 Å². The first-order chi connectivity index (χ1) is 11.9. The minimum Gasteiger partial charge on any atom is -0.454 e. The Morgan fingerprint density at radius 3 is 2.04 bits per heavy atom. The molecular formula is C18H12N2O4. The summed E-state index contributed by atoms with van der Waals surface area (Å²) in [6.07, 6.45) is 1.74. The molecule has 118 valence electrons. The number of benzene rings is 2. The van der Waals surface area contributed by atoms with Gasteiger partial charge in [-0.15, -0.1) is 0 Å². The highest BCUT2D eigenvalue weighted by Gasteiger charge is 2.17. The number of ether oxygens (including phenoxy) is 4. The Balaban J connectivity index is 1.54. The number of nitrogens with zero attached hydrogens (tertiary/aromatic N) is 2. The van der Waals surface area contributed by atoms with E-state index >= 15 is 0 Å². The van der Waals surface area contributed by atoms with Crippen molar-refractivity contribution in [3.05, 3.63) is 48.7 Å². The molecule has 3 aromatic rings. The van der Waals surface area contributed by atoms with Gasteiger partial charge in [0, 0.05) is 17.3 Å². The Labute approximate surface area is 137 Å². The molecule has 6 heteroatoms. The van der Waals surface area contributed by atoms with Crippen molar-refractivity contribution >= 4 is 0 Å². The molecule has 0 spiro atoms. The number of fused-ring (bicyclic) bond motifs is 2. The van der Waals surface area contributed by atoms with Crippen LogP contribution in [-0.2, 0) is 0 Å². The summed E-state index contributed by atoms with van der Waals surface area (Å²) in [5.41, 5.74) is 2.64. The van der Waals surface area contributed by atoms with Crippen LogP contribution in [0.5, 0.6) is 23.0 Å². The third kappa shape index (κ3) is 2.11. The average molecular weight is 320 g/mol. The number of aromatic nitrogens is 2. The molecule has 6 nitrogen and oxygen atoms in total. The van der Waals surface area contributed by atoms with Gasteiger partial charge in [-0.1, -0.05) is 0 Å². The van der Waals surface area contributed by atoms with Crippen molar-refractivity contribution in [3.63, 3.8) is 0 Å². The van der Waals surface area contributed by atoms with Gasteiger partial charge < -0.3 is 18.9 Å². The maximum Gasteiger partial charge on any atom is 0.231 e. The van der Waals surface area contributed by atoms with E-state index in [2.05, 4.69) is 9.97 Å². The van der Waals surface area contributed by atoms with Crippen LogP contribution in [0.4, 0.5) is 0 Å². The second-order valence-corrected chi connectivity index (χ2v) is 5.40. The van der Waals surface area contributed by atoms with E-state index in [1.807, 2.05) is 42.5 Å². The summed E-state index contributed by atoms with van der Waals surface area (Å²) in [5, 5.41) is 0. The van der Waals surface area contributed by atoms with Crippen molar-refractivity contribution in [3.8, 4) is 45.6 Å². The summed E-state index contributed by atoms with van der Waals surface area (Å²) in [4.78, 5) is 9.03. The topological polar surface area (TPSA) is 62.7 Å². The Morgan fingerprint density at radius 1 is 0.667 bits per heavy atom. The normalized spacial score (nSPS) is 14.0. The van der Waals surface area contributed by atoms with E-state index in [0.29, 0.717) is 11.6 Å². The van der Waals surface area contributed by atoms with Crippen LogP contribution in [-0.4, -0.2) is 23.6 Å². The zero-order valence-corrected chi connectivity index (χ0v) is 12.6. The summed E-state index contributed by atoms with van der Waals surface area (Å²) in [6.45, 7) is 0.502. The molecule has 2 aliphatic rings. The van der Waals surface area contributed by atoms with Gasteiger partial charge in [-0.25, -0.2) is 9.97 Å². The smallest absolute Gasteiger partial charge is 0.231 e. The molecular weight excluding hydrogens is 308 g/mol. The first kappa shape index (κ1) is 13.2. The molecule has 0 atom stereocenters. The maximum absolute atomic E-state index is 5.43. The monoisotopic (exact) mass is 320 g/mol. The largest absolute Gasteiger partial charge is 0.454 e. The van der Waals surface area contributed by atoms with E-state index < -0.39 is 0 Å². The van der Waals surface area contributed by atoms with Crippen LogP contribution in [0.2, 0.25) is 0 Å². The fourth-order valence-corrected chi connectivity index (χ4v) is 2.75. The van der Waals surface area contributed by atoms with Gasteiger partial charge in [0.15, 0.2) is 28.8 Å². The van der Waals surface area contributed by atoms with E-state index in [1.54, 1.807) is 6.20 Å². The lowest BCUT2D eigenvalue weighted by Crippen LogP contribution is -1.93. The molecule has 2 aromatic carbocycles. The van der Waals surface area contributed by atoms with Crippen LogP contribution in [0.15, 0.2) is 48.7 Å². The molecule has 1 aromatic heterocycles. The minimum atomic E-state index is 0.247. The third-order valence-electron chi connectivity index (χ3n) is 3.95. The summed E-state index contributed by atoms with van der Waals surface area (Å²) in [7, 11) is 0. The molecule has 0 fully saturated rings. The lowest BCUT2D eigenvalue weighted by atomic mass is 10.1. The molecule has 0 radical (unpaired) electrons.